The van der Waals surface area contributed by atoms with Crippen LogP contribution in [0.5, 0.6) is 0 Å². The van der Waals surface area contributed by atoms with E-state index in [1.54, 1.807) is 0 Å². The van der Waals surface area contributed by atoms with E-state index >= 15 is 0 Å². The Bertz CT molecular complexity index is 382. The highest BCUT2D eigenvalue weighted by Gasteiger charge is 2.22. The van der Waals surface area contributed by atoms with Gasteiger partial charge in [-0.1, -0.05) is 13.8 Å². The smallest absolute Gasteiger partial charge is 0.0503 e. The average Bonchev–Trinajstić information content (AvgIpc) is 2.29. The second-order valence-electron chi connectivity index (χ2n) is 5.28. The largest absolute Gasteiger partial charge is 0.399 e. The first-order chi connectivity index (χ1) is 8.08. The lowest BCUT2D eigenvalue weighted by atomic mass is 9.86. The fourth-order valence-corrected chi connectivity index (χ4v) is 3.47. The van der Waals surface area contributed by atoms with Gasteiger partial charge in [0.25, 0.3) is 0 Å². The summed E-state index contributed by atoms with van der Waals surface area (Å²) in [6.07, 6.45) is 2.64. The summed E-state index contributed by atoms with van der Waals surface area (Å²) >= 11 is 2.39. The van der Waals surface area contributed by atoms with Crippen molar-refractivity contribution in [1.29, 1.82) is 0 Å². The molecule has 1 heterocycles. The number of nitrogens with zero attached hydrogens (tertiary/aromatic N) is 1. The van der Waals surface area contributed by atoms with Crippen molar-refractivity contribution in [3.05, 3.63) is 21.8 Å². The van der Waals surface area contributed by atoms with Crippen LogP contribution in [0.2, 0.25) is 0 Å². The molecule has 0 bridgehead atoms. The molecule has 1 aliphatic heterocycles. The fourth-order valence-electron chi connectivity index (χ4n) is 2.59. The Morgan fingerprint density at radius 3 is 2.47 bits per heavy atom. The predicted octanol–water partition coefficient (Wildman–Crippen LogP) is 3.75. The number of hydrogen-bond donors (Lipinski definition) is 1. The Morgan fingerprint density at radius 2 is 1.94 bits per heavy atom. The van der Waals surface area contributed by atoms with Gasteiger partial charge in [0.05, 0.1) is 5.69 Å². The highest BCUT2D eigenvalue weighted by molar-refractivity contribution is 14.1. The zero-order valence-electron chi connectivity index (χ0n) is 10.6. The number of halogens is 1. The molecule has 0 saturated carbocycles. The lowest BCUT2D eigenvalue weighted by molar-refractivity contribution is 0.311. The first kappa shape index (κ1) is 13.0. The van der Waals surface area contributed by atoms with Gasteiger partial charge in [0.15, 0.2) is 0 Å². The molecule has 3 heteroatoms. The van der Waals surface area contributed by atoms with E-state index in [9.17, 15) is 0 Å². The summed E-state index contributed by atoms with van der Waals surface area (Å²) in [5.41, 5.74) is 8.00. The molecule has 0 spiro atoms. The Balaban J connectivity index is 2.05. The van der Waals surface area contributed by atoms with Crippen molar-refractivity contribution in [2.45, 2.75) is 26.7 Å². The monoisotopic (exact) mass is 344 g/mol. The number of hydrogen-bond acceptors (Lipinski definition) is 2. The van der Waals surface area contributed by atoms with Crippen LogP contribution in [0.1, 0.15) is 26.7 Å². The number of rotatable bonds is 2. The summed E-state index contributed by atoms with van der Waals surface area (Å²) in [6, 6.07) is 6.23. The van der Waals surface area contributed by atoms with Gasteiger partial charge in [-0.05, 0) is 65.5 Å². The van der Waals surface area contributed by atoms with Crippen molar-refractivity contribution in [2.75, 3.05) is 23.7 Å². The molecule has 94 valence electrons. The second-order valence-corrected chi connectivity index (χ2v) is 6.44. The van der Waals surface area contributed by atoms with E-state index < -0.39 is 0 Å². The quantitative estimate of drug-likeness (QED) is 0.654. The maximum Gasteiger partial charge on any atom is 0.0503 e. The van der Waals surface area contributed by atoms with Crippen molar-refractivity contribution in [3.8, 4) is 0 Å². The molecule has 0 aromatic heterocycles. The summed E-state index contributed by atoms with van der Waals surface area (Å²) in [4.78, 5) is 2.50. The van der Waals surface area contributed by atoms with Gasteiger partial charge in [0, 0.05) is 22.3 Å². The van der Waals surface area contributed by atoms with Crippen LogP contribution in [0.15, 0.2) is 18.2 Å². The molecule has 0 radical (unpaired) electrons. The Labute approximate surface area is 118 Å². The van der Waals surface area contributed by atoms with Crippen LogP contribution in [-0.4, -0.2) is 13.1 Å². The van der Waals surface area contributed by atoms with Gasteiger partial charge in [0.1, 0.15) is 0 Å². The van der Waals surface area contributed by atoms with Gasteiger partial charge in [-0.2, -0.15) is 0 Å². The number of anilines is 2. The minimum absolute atomic E-state index is 0.822. The van der Waals surface area contributed by atoms with E-state index in [0.29, 0.717) is 0 Å². The van der Waals surface area contributed by atoms with Crippen LogP contribution in [0, 0.1) is 15.4 Å². The van der Waals surface area contributed by atoms with Crippen LogP contribution < -0.4 is 10.6 Å². The van der Waals surface area contributed by atoms with Crippen LogP contribution in [0.25, 0.3) is 0 Å². The van der Waals surface area contributed by atoms with E-state index in [1.165, 1.54) is 35.2 Å². The maximum absolute atomic E-state index is 5.80. The number of nitrogen functional groups attached to an aromatic ring is 1. The summed E-state index contributed by atoms with van der Waals surface area (Å²) in [5.74, 6) is 1.72. The molecular weight excluding hydrogens is 323 g/mol. The highest BCUT2D eigenvalue weighted by atomic mass is 127. The van der Waals surface area contributed by atoms with Crippen LogP contribution in [0.3, 0.4) is 0 Å². The maximum atomic E-state index is 5.80. The Hall–Kier alpha value is -0.450. The minimum Gasteiger partial charge on any atom is -0.399 e. The van der Waals surface area contributed by atoms with Crippen molar-refractivity contribution in [3.63, 3.8) is 0 Å². The molecule has 17 heavy (non-hydrogen) atoms. The van der Waals surface area contributed by atoms with Crippen LogP contribution in [-0.2, 0) is 0 Å². The lowest BCUT2D eigenvalue weighted by Gasteiger charge is -2.35. The molecule has 2 N–H and O–H groups in total. The molecular formula is C14H21IN2. The fraction of sp³-hybridized carbons (Fsp3) is 0.571. The first-order valence-electron chi connectivity index (χ1n) is 6.38. The zero-order chi connectivity index (χ0) is 12.4. The number of piperidine rings is 1. The Morgan fingerprint density at radius 1 is 1.29 bits per heavy atom. The van der Waals surface area contributed by atoms with E-state index in [4.69, 9.17) is 5.73 Å². The van der Waals surface area contributed by atoms with E-state index in [-0.39, 0.29) is 0 Å². The zero-order valence-corrected chi connectivity index (χ0v) is 12.8. The van der Waals surface area contributed by atoms with Gasteiger partial charge >= 0.3 is 0 Å². The van der Waals surface area contributed by atoms with Crippen molar-refractivity contribution in [1.82, 2.24) is 0 Å². The standard InChI is InChI=1S/C14H21IN2/c1-10(2)11-5-7-17(8-6-11)14-4-3-12(16)9-13(14)15/h3-4,9-11H,5-8,16H2,1-2H3. The topological polar surface area (TPSA) is 29.3 Å². The average molecular weight is 344 g/mol. The molecule has 2 nitrogen and oxygen atoms in total. The van der Waals surface area contributed by atoms with Gasteiger partial charge < -0.3 is 10.6 Å². The molecule has 0 aliphatic carbocycles. The normalized spacial score (nSPS) is 17.8. The third-order valence-corrected chi connectivity index (χ3v) is 4.66. The molecule has 0 atom stereocenters. The van der Waals surface area contributed by atoms with Crippen molar-refractivity contribution in [2.24, 2.45) is 11.8 Å². The third kappa shape index (κ3) is 3.06. The van der Waals surface area contributed by atoms with Gasteiger partial charge in [-0.15, -0.1) is 0 Å². The highest BCUT2D eigenvalue weighted by Crippen LogP contribution is 2.31. The lowest BCUT2D eigenvalue weighted by Crippen LogP contribution is -2.35. The molecule has 0 amide bonds. The summed E-state index contributed by atoms with van der Waals surface area (Å²) in [6.45, 7) is 7.05. The van der Waals surface area contributed by atoms with Gasteiger partial charge in [-0.3, -0.25) is 0 Å². The molecule has 1 fully saturated rings. The molecule has 1 aromatic carbocycles. The summed E-state index contributed by atoms with van der Waals surface area (Å²) in [7, 11) is 0. The first-order valence-corrected chi connectivity index (χ1v) is 7.46. The van der Waals surface area contributed by atoms with E-state index in [2.05, 4.69) is 53.5 Å². The van der Waals surface area contributed by atoms with Gasteiger partial charge in [0.2, 0.25) is 0 Å². The van der Waals surface area contributed by atoms with Crippen LogP contribution in [0.4, 0.5) is 11.4 Å². The molecule has 1 aliphatic rings. The predicted molar refractivity (Wildman–Crippen MR) is 83.3 cm³/mol. The number of benzene rings is 1. The Kier molecular flexibility index (Phi) is 4.17. The molecule has 1 aromatic rings. The minimum atomic E-state index is 0.822. The van der Waals surface area contributed by atoms with E-state index in [1.807, 2.05) is 6.07 Å². The molecule has 1 saturated heterocycles. The summed E-state index contributed by atoms with van der Waals surface area (Å²) < 4.78 is 1.27. The summed E-state index contributed by atoms with van der Waals surface area (Å²) in [5, 5.41) is 0. The molecule has 2 rings (SSSR count). The van der Waals surface area contributed by atoms with E-state index in [0.717, 1.165) is 17.5 Å². The van der Waals surface area contributed by atoms with Crippen molar-refractivity contribution >= 4 is 34.0 Å². The SMILES string of the molecule is CC(C)C1CCN(c2ccc(N)cc2I)CC1. The number of nitrogens with two attached hydrogens (primary N) is 1. The third-order valence-electron chi connectivity index (χ3n) is 3.79. The second kappa shape index (κ2) is 5.46. The molecule has 0 unspecified atom stereocenters. The van der Waals surface area contributed by atoms with Crippen molar-refractivity contribution < 1.29 is 0 Å². The van der Waals surface area contributed by atoms with Gasteiger partial charge in [-0.25, -0.2) is 0 Å². The van der Waals surface area contributed by atoms with Crippen LogP contribution >= 0.6 is 22.6 Å².